The first kappa shape index (κ1) is 20.4. The van der Waals surface area contributed by atoms with Gasteiger partial charge in [0.15, 0.2) is 11.6 Å². The summed E-state index contributed by atoms with van der Waals surface area (Å²) in [5.41, 5.74) is 1.13. The number of thiophene rings is 1. The Morgan fingerprint density at radius 2 is 1.94 bits per heavy atom. The van der Waals surface area contributed by atoms with Crippen molar-refractivity contribution in [1.29, 1.82) is 0 Å². The lowest BCUT2D eigenvalue weighted by molar-refractivity contribution is 0.312. The molecule has 1 aliphatic heterocycles. The molecule has 31 heavy (non-hydrogen) atoms. The number of hydrogen-bond acceptors (Lipinski definition) is 9. The minimum atomic E-state index is -3.77. The van der Waals surface area contributed by atoms with Crippen LogP contribution in [0.25, 0.3) is 10.7 Å². The van der Waals surface area contributed by atoms with Crippen molar-refractivity contribution >= 4 is 38.8 Å². The van der Waals surface area contributed by atoms with E-state index in [1.165, 1.54) is 18.9 Å². The van der Waals surface area contributed by atoms with Crippen LogP contribution >= 0.6 is 11.3 Å². The van der Waals surface area contributed by atoms with E-state index in [1.54, 1.807) is 6.07 Å². The van der Waals surface area contributed by atoms with Crippen LogP contribution < -0.4 is 15.4 Å². The third-order valence-corrected chi connectivity index (χ3v) is 8.01. The lowest BCUT2D eigenvalue weighted by Crippen LogP contribution is -2.44. The fraction of sp³-hybridized carbons (Fsp3) is 0.421. The standard InChI is InChI=1S/C19H24N8O2S2.3H2/c1-26-6-8-27(9-7-26)17-11-15(21-16-10-13(24-25-16)12-2-3-12)22-19(23-17)14-4-5-18(30-14)31(20,28)29;;;/h4-5,10-12H,2-3,6-9H2,1H3,(H2,20,28,29)(H2,21,22,23,24,25);3*1H. The van der Waals surface area contributed by atoms with Crippen LogP contribution in [0, 0.1) is 0 Å². The zero-order chi connectivity index (χ0) is 21.6. The fourth-order valence-corrected chi connectivity index (χ4v) is 5.20. The van der Waals surface area contributed by atoms with Gasteiger partial charge in [0, 0.05) is 54.2 Å². The first-order valence-corrected chi connectivity index (χ1v) is 12.5. The Balaban J connectivity index is 0.00000136. The molecule has 2 aliphatic rings. The molecule has 0 amide bonds. The normalized spacial score (nSPS) is 17.8. The maximum absolute atomic E-state index is 11.7. The van der Waals surface area contributed by atoms with Gasteiger partial charge in [-0.25, -0.2) is 23.5 Å². The minimum Gasteiger partial charge on any atom is -0.354 e. The van der Waals surface area contributed by atoms with Gasteiger partial charge in [-0.15, -0.1) is 11.3 Å². The highest BCUT2D eigenvalue weighted by Gasteiger charge is 2.26. The van der Waals surface area contributed by atoms with Crippen molar-refractivity contribution in [3.05, 3.63) is 30.0 Å². The van der Waals surface area contributed by atoms with Crippen molar-refractivity contribution in [2.24, 2.45) is 5.14 Å². The Hall–Kier alpha value is -2.54. The van der Waals surface area contributed by atoms with Crippen molar-refractivity contribution in [3.63, 3.8) is 0 Å². The highest BCUT2D eigenvalue weighted by Crippen LogP contribution is 2.39. The van der Waals surface area contributed by atoms with Crippen molar-refractivity contribution in [3.8, 4) is 10.7 Å². The van der Waals surface area contributed by atoms with E-state index in [1.807, 2.05) is 12.1 Å². The molecule has 4 N–H and O–H groups in total. The summed E-state index contributed by atoms with van der Waals surface area (Å²) >= 11 is 1.07. The van der Waals surface area contributed by atoms with Gasteiger partial charge in [0.2, 0.25) is 10.0 Å². The largest absolute Gasteiger partial charge is 0.354 e. The predicted octanol–water partition coefficient (Wildman–Crippen LogP) is 2.69. The summed E-state index contributed by atoms with van der Waals surface area (Å²) in [4.78, 5) is 14.5. The highest BCUT2D eigenvalue weighted by atomic mass is 32.2. The molecule has 3 aromatic heterocycles. The minimum absolute atomic E-state index is 0. The maximum Gasteiger partial charge on any atom is 0.247 e. The van der Waals surface area contributed by atoms with Crippen LogP contribution in [0.15, 0.2) is 28.5 Å². The second-order valence-electron chi connectivity index (χ2n) is 8.00. The summed E-state index contributed by atoms with van der Waals surface area (Å²) in [6.45, 7) is 3.60. The third-order valence-electron chi connectivity index (χ3n) is 5.49. The molecule has 0 atom stereocenters. The number of nitrogens with two attached hydrogens (primary N) is 1. The molecular formula is C19H30N8O2S2. The highest BCUT2D eigenvalue weighted by molar-refractivity contribution is 7.91. The number of likely N-dealkylation sites (N-methyl/N-ethyl adjacent to an activating group) is 1. The monoisotopic (exact) mass is 466 g/mol. The third kappa shape index (κ3) is 4.56. The predicted molar refractivity (Wildman–Crippen MR) is 127 cm³/mol. The van der Waals surface area contributed by atoms with E-state index in [2.05, 4.69) is 37.3 Å². The van der Waals surface area contributed by atoms with Crippen LogP contribution in [0.5, 0.6) is 0 Å². The number of piperazine rings is 1. The van der Waals surface area contributed by atoms with Crippen LogP contribution in [-0.4, -0.2) is 66.7 Å². The van der Waals surface area contributed by atoms with Crippen LogP contribution in [-0.2, 0) is 10.0 Å². The molecule has 12 heteroatoms. The SMILES string of the molecule is CN1CCN(c2cc(Nc3cc(C4CC4)[nH]n3)nc(-c3ccc(S(N)(=O)=O)s3)n2)CC1.[HH].[HH].[HH]. The summed E-state index contributed by atoms with van der Waals surface area (Å²) in [6, 6.07) is 7.11. The fourth-order valence-electron chi connectivity index (χ4n) is 3.53. The number of primary sulfonamides is 1. The average molecular weight is 467 g/mol. The number of hydrogen-bond donors (Lipinski definition) is 3. The van der Waals surface area contributed by atoms with Crippen molar-refractivity contribution < 1.29 is 12.7 Å². The Bertz CT molecular complexity index is 1210. The second kappa shape index (κ2) is 7.86. The molecule has 5 rings (SSSR count). The van der Waals surface area contributed by atoms with Gasteiger partial charge in [0.05, 0.1) is 4.88 Å². The number of rotatable bonds is 6. The van der Waals surface area contributed by atoms with Crippen molar-refractivity contribution in [2.75, 3.05) is 43.4 Å². The Kier molecular flexibility index (Phi) is 5.16. The molecule has 3 aromatic rings. The van der Waals surface area contributed by atoms with Gasteiger partial charge in [-0.05, 0) is 32.0 Å². The second-order valence-corrected chi connectivity index (χ2v) is 10.9. The van der Waals surface area contributed by atoms with E-state index in [0.29, 0.717) is 28.3 Å². The zero-order valence-corrected chi connectivity index (χ0v) is 18.7. The molecule has 2 fully saturated rings. The van der Waals surface area contributed by atoms with Crippen LogP contribution in [0.4, 0.5) is 17.5 Å². The molecule has 1 aliphatic carbocycles. The molecule has 0 unspecified atom stereocenters. The van der Waals surface area contributed by atoms with Gasteiger partial charge in [-0.3, -0.25) is 5.10 Å². The smallest absolute Gasteiger partial charge is 0.247 e. The molecule has 0 aromatic carbocycles. The van der Waals surface area contributed by atoms with Gasteiger partial charge >= 0.3 is 0 Å². The molecule has 10 nitrogen and oxygen atoms in total. The first-order chi connectivity index (χ1) is 14.8. The summed E-state index contributed by atoms with van der Waals surface area (Å²) in [6.07, 6.45) is 2.38. The number of H-pyrrole nitrogens is 1. The quantitative estimate of drug-likeness (QED) is 0.505. The van der Waals surface area contributed by atoms with Crippen LogP contribution in [0.2, 0.25) is 0 Å². The van der Waals surface area contributed by atoms with E-state index in [4.69, 9.17) is 10.1 Å². The molecule has 0 spiro atoms. The Morgan fingerprint density at radius 3 is 2.61 bits per heavy atom. The van der Waals surface area contributed by atoms with Gasteiger partial charge in [-0.1, -0.05) is 0 Å². The molecule has 1 saturated carbocycles. The Labute approximate surface area is 189 Å². The van der Waals surface area contributed by atoms with Gasteiger partial charge in [0.1, 0.15) is 15.8 Å². The first-order valence-electron chi connectivity index (χ1n) is 10.1. The summed E-state index contributed by atoms with van der Waals surface area (Å²) in [5, 5.41) is 16.0. The number of anilines is 3. The summed E-state index contributed by atoms with van der Waals surface area (Å²) in [5.74, 6) is 3.14. The van der Waals surface area contributed by atoms with E-state index >= 15 is 0 Å². The molecular weight excluding hydrogens is 436 g/mol. The number of sulfonamides is 1. The Morgan fingerprint density at radius 1 is 1.16 bits per heavy atom. The van der Waals surface area contributed by atoms with E-state index in [0.717, 1.165) is 49.0 Å². The van der Waals surface area contributed by atoms with Gasteiger partial charge in [0.25, 0.3) is 0 Å². The lowest BCUT2D eigenvalue weighted by Gasteiger charge is -2.33. The summed E-state index contributed by atoms with van der Waals surface area (Å²) < 4.78 is 23.5. The number of aromatic nitrogens is 4. The molecule has 4 heterocycles. The van der Waals surface area contributed by atoms with Crippen LogP contribution in [0.3, 0.4) is 0 Å². The van der Waals surface area contributed by atoms with Gasteiger partial charge < -0.3 is 15.1 Å². The molecule has 170 valence electrons. The van der Waals surface area contributed by atoms with E-state index < -0.39 is 10.0 Å². The lowest BCUT2D eigenvalue weighted by atomic mass is 10.3. The average Bonchev–Trinajstić information content (AvgIpc) is 3.25. The van der Waals surface area contributed by atoms with Gasteiger partial charge in [-0.2, -0.15) is 5.10 Å². The topological polar surface area (TPSA) is 133 Å². The molecule has 1 saturated heterocycles. The maximum atomic E-state index is 11.7. The number of aromatic amines is 1. The van der Waals surface area contributed by atoms with Crippen molar-refractivity contribution in [2.45, 2.75) is 23.0 Å². The summed E-state index contributed by atoms with van der Waals surface area (Å²) in [7, 11) is -1.67. The number of nitrogens with zero attached hydrogens (tertiary/aromatic N) is 5. The van der Waals surface area contributed by atoms with E-state index in [9.17, 15) is 8.42 Å². The molecule has 0 radical (unpaired) electrons. The van der Waals surface area contributed by atoms with Crippen molar-refractivity contribution in [1.82, 2.24) is 25.1 Å². The van der Waals surface area contributed by atoms with E-state index in [-0.39, 0.29) is 8.49 Å². The zero-order valence-electron chi connectivity index (χ0n) is 17.1. The van der Waals surface area contributed by atoms with Crippen LogP contribution in [0.1, 0.15) is 28.7 Å². The number of nitrogens with one attached hydrogen (secondary N) is 2. The molecule has 0 bridgehead atoms.